The second-order valence-electron chi connectivity index (χ2n) is 3.60. The Kier molecular flexibility index (Phi) is 4.41. The lowest BCUT2D eigenvalue weighted by Crippen LogP contribution is -2.68. The summed E-state index contributed by atoms with van der Waals surface area (Å²) in [7, 11) is -4.94. The highest BCUT2D eigenvalue weighted by Gasteiger charge is 2.18. The SMILES string of the molecule is C1=Cc2[o+]c3ccccc3cc2SC1.[O-][Cl+3]([O-])([O-])[O-]. The summed E-state index contributed by atoms with van der Waals surface area (Å²) < 4.78 is 39.7. The predicted octanol–water partition coefficient (Wildman–Crippen LogP) is -0.923. The second-order valence-corrected chi connectivity index (χ2v) is 5.42. The Morgan fingerprint density at radius 3 is 2.53 bits per heavy atom. The maximum atomic E-state index is 8.49. The van der Waals surface area contributed by atoms with Crippen molar-refractivity contribution in [2.45, 2.75) is 4.90 Å². The van der Waals surface area contributed by atoms with Crippen LogP contribution in [-0.2, 0) is 0 Å². The molecule has 0 bridgehead atoms. The van der Waals surface area contributed by atoms with E-state index in [-0.39, 0.29) is 0 Å². The average molecular weight is 301 g/mol. The Morgan fingerprint density at radius 2 is 1.79 bits per heavy atom. The molecule has 0 fully saturated rings. The first-order valence-electron chi connectivity index (χ1n) is 5.20. The Morgan fingerprint density at radius 1 is 1.11 bits per heavy atom. The molecule has 19 heavy (non-hydrogen) atoms. The normalized spacial score (nSPS) is 13.7. The first-order chi connectivity index (χ1) is 8.93. The Hall–Kier alpha value is -1.15. The molecule has 0 amide bonds. The summed E-state index contributed by atoms with van der Waals surface area (Å²) in [6.45, 7) is 0. The molecule has 3 rings (SSSR count). The molecule has 1 aromatic heterocycles. The Bertz CT molecular complexity index is 603. The summed E-state index contributed by atoms with van der Waals surface area (Å²) in [5.41, 5.74) is 0.957. The molecule has 1 aliphatic heterocycles. The van der Waals surface area contributed by atoms with Crippen LogP contribution in [0.15, 0.2) is 45.7 Å². The third kappa shape index (κ3) is 4.46. The van der Waals surface area contributed by atoms with E-state index in [4.69, 9.17) is 23.1 Å². The van der Waals surface area contributed by atoms with Gasteiger partial charge >= 0.3 is 11.3 Å². The molecular formula is C12H9ClO5S. The van der Waals surface area contributed by atoms with E-state index in [0.717, 1.165) is 17.1 Å². The molecule has 0 aliphatic carbocycles. The zero-order chi connectivity index (χ0) is 13.9. The molecule has 0 spiro atoms. The van der Waals surface area contributed by atoms with Gasteiger partial charge in [-0.05, 0) is 12.1 Å². The van der Waals surface area contributed by atoms with Gasteiger partial charge in [-0.1, -0.05) is 18.2 Å². The number of thioether (sulfide) groups is 1. The maximum absolute atomic E-state index is 8.49. The standard InChI is InChI=1S/C12H9OS.ClHO4/c1-2-5-10-9(4-1)8-12-11(13-10)6-3-7-14-12;2-1(3,4)5/h1-6,8H,7H2;(H,2,3,4,5)/q+1;/p-1. The fraction of sp³-hybridized carbons (Fsp3) is 0.0833. The van der Waals surface area contributed by atoms with Gasteiger partial charge in [0.15, 0.2) is 0 Å². The molecule has 5 nitrogen and oxygen atoms in total. The predicted molar refractivity (Wildman–Crippen MR) is 60.4 cm³/mol. The van der Waals surface area contributed by atoms with E-state index in [9.17, 15) is 0 Å². The largest absolute Gasteiger partial charge is 0.366 e. The fourth-order valence-electron chi connectivity index (χ4n) is 1.60. The number of hydrogen-bond acceptors (Lipinski definition) is 5. The van der Waals surface area contributed by atoms with Gasteiger partial charge in [0.1, 0.15) is 4.90 Å². The molecule has 7 heteroatoms. The van der Waals surface area contributed by atoms with Gasteiger partial charge in [0.2, 0.25) is 0 Å². The van der Waals surface area contributed by atoms with Crippen molar-refractivity contribution in [1.82, 2.24) is 0 Å². The molecule has 1 aliphatic rings. The lowest BCUT2D eigenvalue weighted by Gasteiger charge is -2.17. The zero-order valence-electron chi connectivity index (χ0n) is 9.58. The van der Waals surface area contributed by atoms with Crippen molar-refractivity contribution < 1.29 is 33.3 Å². The van der Waals surface area contributed by atoms with Crippen LogP contribution >= 0.6 is 11.8 Å². The fourth-order valence-corrected chi connectivity index (χ4v) is 2.43. The van der Waals surface area contributed by atoms with E-state index >= 15 is 0 Å². The molecule has 0 unspecified atom stereocenters. The molecule has 1 aromatic carbocycles. The molecule has 0 atom stereocenters. The van der Waals surface area contributed by atoms with Crippen molar-refractivity contribution in [3.8, 4) is 0 Å². The summed E-state index contributed by atoms with van der Waals surface area (Å²) in [4.78, 5) is 1.24. The monoisotopic (exact) mass is 300 g/mol. The van der Waals surface area contributed by atoms with E-state index in [0.29, 0.717) is 0 Å². The van der Waals surface area contributed by atoms with Crippen LogP contribution in [0.5, 0.6) is 0 Å². The molecule has 0 radical (unpaired) electrons. The van der Waals surface area contributed by atoms with Gasteiger partial charge in [-0.15, -0.1) is 22.0 Å². The van der Waals surface area contributed by atoms with Crippen LogP contribution in [0.25, 0.3) is 17.0 Å². The summed E-state index contributed by atoms with van der Waals surface area (Å²) in [5, 5.41) is 1.18. The van der Waals surface area contributed by atoms with E-state index in [1.165, 1.54) is 10.3 Å². The van der Waals surface area contributed by atoms with Gasteiger partial charge in [0.05, 0.1) is 5.39 Å². The number of benzene rings is 1. The Labute approximate surface area is 115 Å². The first-order valence-corrected chi connectivity index (χ1v) is 7.42. The van der Waals surface area contributed by atoms with Crippen LogP contribution in [0.4, 0.5) is 0 Å². The number of fused-ring (bicyclic) bond motifs is 2. The summed E-state index contributed by atoms with van der Waals surface area (Å²) in [5.74, 6) is 2.03. The summed E-state index contributed by atoms with van der Waals surface area (Å²) >= 11 is 1.82. The van der Waals surface area contributed by atoms with E-state index < -0.39 is 10.2 Å². The Balaban J connectivity index is 0.000000232. The lowest BCUT2D eigenvalue weighted by molar-refractivity contribution is -2.00. The highest BCUT2D eigenvalue weighted by Crippen LogP contribution is 2.31. The van der Waals surface area contributed by atoms with Gasteiger partial charge in [0, 0.05) is 17.9 Å². The summed E-state index contributed by atoms with van der Waals surface area (Å²) in [6.07, 6.45) is 4.18. The second kappa shape index (κ2) is 5.87. The highest BCUT2D eigenvalue weighted by atomic mass is 35.7. The van der Waals surface area contributed by atoms with Crippen LogP contribution in [0, 0.1) is 10.2 Å². The third-order valence-corrected chi connectivity index (χ3v) is 3.26. The van der Waals surface area contributed by atoms with Crippen molar-refractivity contribution in [3.63, 3.8) is 0 Å². The number of hydrogen-bond donors (Lipinski definition) is 0. The third-order valence-electron chi connectivity index (χ3n) is 2.27. The molecule has 0 saturated carbocycles. The topological polar surface area (TPSA) is 104 Å². The lowest BCUT2D eigenvalue weighted by atomic mass is 10.2. The highest BCUT2D eigenvalue weighted by molar-refractivity contribution is 7.99. The molecule has 2 aromatic rings. The van der Waals surface area contributed by atoms with Crippen LogP contribution in [0.3, 0.4) is 0 Å². The van der Waals surface area contributed by atoms with Crippen LogP contribution in [0.2, 0.25) is 0 Å². The molecular weight excluding hydrogens is 292 g/mol. The first kappa shape index (κ1) is 14.3. The minimum Gasteiger partial charge on any atom is -0.222 e. The number of para-hydroxylation sites is 1. The van der Waals surface area contributed by atoms with Crippen molar-refractivity contribution in [1.29, 1.82) is 0 Å². The van der Waals surface area contributed by atoms with Gasteiger partial charge in [-0.3, -0.25) is 0 Å². The zero-order valence-corrected chi connectivity index (χ0v) is 11.1. The van der Waals surface area contributed by atoms with Crippen molar-refractivity contribution in [2.75, 3.05) is 5.75 Å². The molecule has 2 heterocycles. The van der Waals surface area contributed by atoms with Gasteiger partial charge in [-0.2, -0.15) is 0 Å². The van der Waals surface area contributed by atoms with Gasteiger partial charge in [-0.25, -0.2) is 23.1 Å². The maximum Gasteiger partial charge on any atom is 0.366 e. The van der Waals surface area contributed by atoms with Crippen LogP contribution in [0.1, 0.15) is 5.76 Å². The number of halogens is 1. The van der Waals surface area contributed by atoms with Crippen molar-refractivity contribution >= 4 is 28.8 Å². The minimum atomic E-state index is -4.94. The van der Waals surface area contributed by atoms with Crippen LogP contribution < -0.4 is 18.6 Å². The van der Waals surface area contributed by atoms with E-state index in [1.807, 2.05) is 30.0 Å². The van der Waals surface area contributed by atoms with Crippen LogP contribution in [-0.4, -0.2) is 5.75 Å². The van der Waals surface area contributed by atoms with Gasteiger partial charge < -0.3 is 0 Å². The number of rotatable bonds is 0. The van der Waals surface area contributed by atoms with Crippen molar-refractivity contribution in [2.24, 2.45) is 0 Å². The van der Waals surface area contributed by atoms with E-state index in [2.05, 4.69) is 24.3 Å². The quantitative estimate of drug-likeness (QED) is 0.583. The average Bonchev–Trinajstić information content (AvgIpc) is 2.34. The van der Waals surface area contributed by atoms with Gasteiger partial charge in [0.25, 0.3) is 0 Å². The molecule has 100 valence electrons. The van der Waals surface area contributed by atoms with Crippen molar-refractivity contribution in [3.05, 3.63) is 42.2 Å². The van der Waals surface area contributed by atoms with E-state index in [1.54, 1.807) is 0 Å². The molecule has 0 saturated heterocycles. The smallest absolute Gasteiger partial charge is 0.222 e. The minimum absolute atomic E-state index is 0.957. The molecule has 0 N–H and O–H groups in total. The summed E-state index contributed by atoms with van der Waals surface area (Å²) in [6, 6.07) is 10.3.